The van der Waals surface area contributed by atoms with E-state index in [4.69, 9.17) is 16.3 Å². The third-order valence-electron chi connectivity index (χ3n) is 2.86. The molecule has 0 N–H and O–H groups in total. The summed E-state index contributed by atoms with van der Waals surface area (Å²) in [5.74, 6) is 0.774. The van der Waals surface area contributed by atoms with E-state index >= 15 is 0 Å². The number of rotatable bonds is 8. The highest BCUT2D eigenvalue weighted by Crippen LogP contribution is 2.13. The van der Waals surface area contributed by atoms with E-state index in [-0.39, 0.29) is 0 Å². The zero-order chi connectivity index (χ0) is 13.4. The van der Waals surface area contributed by atoms with Gasteiger partial charge in [-0.2, -0.15) is 0 Å². The van der Waals surface area contributed by atoms with E-state index in [0.29, 0.717) is 12.2 Å². The molecule has 3 nitrogen and oxygen atoms in total. The van der Waals surface area contributed by atoms with Gasteiger partial charge in [0.05, 0.1) is 6.61 Å². The fourth-order valence-electron chi connectivity index (χ4n) is 1.70. The van der Waals surface area contributed by atoms with E-state index in [9.17, 15) is 4.79 Å². The van der Waals surface area contributed by atoms with Crippen molar-refractivity contribution in [1.29, 1.82) is 0 Å². The Kier molecular flexibility index (Phi) is 6.76. The number of carbonyl (C=O) groups excluding carboxylic acids is 1. The maximum atomic E-state index is 10.9. The van der Waals surface area contributed by atoms with Crippen molar-refractivity contribution in [3.8, 4) is 5.75 Å². The Morgan fingerprint density at radius 1 is 1.22 bits per heavy atom. The van der Waals surface area contributed by atoms with Gasteiger partial charge < -0.3 is 9.64 Å². The van der Waals surface area contributed by atoms with Crippen LogP contribution in [0.2, 0.25) is 0 Å². The normalized spacial score (nSPS) is 10.7. The van der Waals surface area contributed by atoms with Crippen LogP contribution in [0.5, 0.6) is 5.75 Å². The highest BCUT2D eigenvalue weighted by atomic mass is 35.5. The number of halogens is 1. The Bertz CT molecular complexity index is 361. The van der Waals surface area contributed by atoms with Crippen LogP contribution in [0, 0.1) is 0 Å². The van der Waals surface area contributed by atoms with Crippen molar-refractivity contribution in [2.75, 3.05) is 26.2 Å². The summed E-state index contributed by atoms with van der Waals surface area (Å²) in [6, 6.07) is 6.89. The average molecular weight is 270 g/mol. The highest BCUT2D eigenvalue weighted by Gasteiger charge is 2.02. The quantitative estimate of drug-likeness (QED) is 0.536. The fraction of sp³-hybridized carbons (Fsp3) is 0.500. The van der Waals surface area contributed by atoms with E-state index < -0.39 is 5.24 Å². The summed E-state index contributed by atoms with van der Waals surface area (Å²) in [5.41, 5.74) is 0.493. The molecule has 0 fully saturated rings. The lowest BCUT2D eigenvalue weighted by Crippen LogP contribution is -2.25. The molecular formula is C14H20ClNO2. The van der Waals surface area contributed by atoms with Crippen molar-refractivity contribution < 1.29 is 9.53 Å². The van der Waals surface area contributed by atoms with Crippen molar-refractivity contribution in [3.05, 3.63) is 29.8 Å². The van der Waals surface area contributed by atoms with Gasteiger partial charge in [0.1, 0.15) is 5.75 Å². The van der Waals surface area contributed by atoms with Gasteiger partial charge in [-0.05, 0) is 55.4 Å². The summed E-state index contributed by atoms with van der Waals surface area (Å²) < 4.78 is 5.60. The molecule has 0 saturated heterocycles. The first-order valence-electron chi connectivity index (χ1n) is 6.32. The number of nitrogens with zero attached hydrogens (tertiary/aromatic N) is 1. The lowest BCUT2D eigenvalue weighted by molar-refractivity contribution is 0.108. The number of ether oxygens (including phenoxy) is 1. The molecule has 0 aliphatic rings. The molecule has 0 saturated carbocycles. The van der Waals surface area contributed by atoms with E-state index in [0.717, 1.165) is 31.8 Å². The second kappa shape index (κ2) is 8.11. The summed E-state index contributed by atoms with van der Waals surface area (Å²) in [4.78, 5) is 13.2. The maximum Gasteiger partial charge on any atom is 0.252 e. The molecule has 0 unspecified atom stereocenters. The van der Waals surface area contributed by atoms with Crippen molar-refractivity contribution in [2.24, 2.45) is 0 Å². The molecule has 0 aromatic heterocycles. The Hall–Kier alpha value is -1.06. The van der Waals surface area contributed by atoms with Gasteiger partial charge in [0.2, 0.25) is 0 Å². The number of benzene rings is 1. The SMILES string of the molecule is CCN(CC)CCCOc1ccc(C(=O)Cl)cc1. The first kappa shape index (κ1) is 15.0. The number of hydrogen-bond donors (Lipinski definition) is 0. The monoisotopic (exact) mass is 269 g/mol. The van der Waals surface area contributed by atoms with Crippen LogP contribution in [0.15, 0.2) is 24.3 Å². The lowest BCUT2D eigenvalue weighted by atomic mass is 10.2. The van der Waals surface area contributed by atoms with E-state index in [1.165, 1.54) is 0 Å². The number of carbonyl (C=O) groups is 1. The molecule has 18 heavy (non-hydrogen) atoms. The van der Waals surface area contributed by atoms with Crippen LogP contribution in [0.3, 0.4) is 0 Å². The number of hydrogen-bond acceptors (Lipinski definition) is 3. The molecule has 0 amide bonds. The van der Waals surface area contributed by atoms with Crippen LogP contribution in [0.1, 0.15) is 30.6 Å². The molecule has 1 aromatic rings. The van der Waals surface area contributed by atoms with Crippen LogP contribution >= 0.6 is 11.6 Å². The van der Waals surface area contributed by atoms with Crippen LogP contribution in [0.25, 0.3) is 0 Å². The second-order valence-electron chi connectivity index (χ2n) is 4.03. The zero-order valence-corrected chi connectivity index (χ0v) is 11.7. The molecule has 1 rings (SSSR count). The molecule has 0 bridgehead atoms. The van der Waals surface area contributed by atoms with Crippen molar-refractivity contribution >= 4 is 16.8 Å². The average Bonchev–Trinajstić information content (AvgIpc) is 2.39. The second-order valence-corrected chi connectivity index (χ2v) is 4.37. The largest absolute Gasteiger partial charge is 0.494 e. The minimum Gasteiger partial charge on any atom is -0.494 e. The van der Waals surface area contributed by atoms with Crippen molar-refractivity contribution in [2.45, 2.75) is 20.3 Å². The summed E-state index contributed by atoms with van der Waals surface area (Å²) in [5, 5.41) is -0.442. The topological polar surface area (TPSA) is 29.5 Å². The molecule has 100 valence electrons. The Balaban J connectivity index is 2.29. The molecule has 0 heterocycles. The van der Waals surface area contributed by atoms with Gasteiger partial charge >= 0.3 is 0 Å². The van der Waals surface area contributed by atoms with Gasteiger partial charge in [-0.1, -0.05) is 13.8 Å². The Morgan fingerprint density at radius 2 is 1.83 bits per heavy atom. The van der Waals surface area contributed by atoms with Gasteiger partial charge in [-0.25, -0.2) is 0 Å². The molecule has 0 aliphatic carbocycles. The van der Waals surface area contributed by atoms with Gasteiger partial charge in [-0.15, -0.1) is 0 Å². The van der Waals surface area contributed by atoms with Gasteiger partial charge in [0.25, 0.3) is 5.24 Å². The molecular weight excluding hydrogens is 250 g/mol. The van der Waals surface area contributed by atoms with Gasteiger partial charge in [-0.3, -0.25) is 4.79 Å². The van der Waals surface area contributed by atoms with Crippen LogP contribution in [0.4, 0.5) is 0 Å². The van der Waals surface area contributed by atoms with E-state index in [1.807, 2.05) is 0 Å². The predicted molar refractivity (Wildman–Crippen MR) is 74.5 cm³/mol. The molecule has 0 aliphatic heterocycles. The Labute approximate surface area is 114 Å². The standard InChI is InChI=1S/C14H20ClNO2/c1-3-16(4-2)10-5-11-18-13-8-6-12(7-9-13)14(15)17/h6-9H,3-5,10-11H2,1-2H3. The third kappa shape index (κ3) is 5.07. The summed E-state index contributed by atoms with van der Waals surface area (Å²) in [6.45, 7) is 8.19. The smallest absolute Gasteiger partial charge is 0.252 e. The highest BCUT2D eigenvalue weighted by molar-refractivity contribution is 6.67. The summed E-state index contributed by atoms with van der Waals surface area (Å²) in [6.07, 6.45) is 0.998. The zero-order valence-electron chi connectivity index (χ0n) is 11.0. The Morgan fingerprint density at radius 3 is 2.33 bits per heavy atom. The first-order valence-corrected chi connectivity index (χ1v) is 6.70. The first-order chi connectivity index (χ1) is 8.67. The van der Waals surface area contributed by atoms with Crippen molar-refractivity contribution in [1.82, 2.24) is 4.90 Å². The van der Waals surface area contributed by atoms with Crippen LogP contribution < -0.4 is 4.74 Å². The van der Waals surface area contributed by atoms with Crippen LogP contribution in [-0.2, 0) is 0 Å². The van der Waals surface area contributed by atoms with Crippen LogP contribution in [-0.4, -0.2) is 36.4 Å². The minimum atomic E-state index is -0.442. The third-order valence-corrected chi connectivity index (χ3v) is 3.08. The molecule has 0 spiro atoms. The van der Waals surface area contributed by atoms with E-state index in [1.54, 1.807) is 24.3 Å². The van der Waals surface area contributed by atoms with E-state index in [2.05, 4.69) is 18.7 Å². The molecule has 0 atom stereocenters. The van der Waals surface area contributed by atoms with Crippen molar-refractivity contribution in [3.63, 3.8) is 0 Å². The van der Waals surface area contributed by atoms with Gasteiger partial charge in [0.15, 0.2) is 0 Å². The minimum absolute atomic E-state index is 0.442. The molecule has 4 heteroatoms. The maximum absolute atomic E-state index is 10.9. The fourth-order valence-corrected chi connectivity index (χ4v) is 1.83. The summed E-state index contributed by atoms with van der Waals surface area (Å²) in [7, 11) is 0. The summed E-state index contributed by atoms with van der Waals surface area (Å²) >= 11 is 5.36. The predicted octanol–water partition coefficient (Wildman–Crippen LogP) is 3.18. The van der Waals surface area contributed by atoms with Gasteiger partial charge in [0, 0.05) is 12.1 Å². The molecule has 1 aromatic carbocycles. The lowest BCUT2D eigenvalue weighted by Gasteiger charge is -2.17. The molecule has 0 radical (unpaired) electrons.